The molecule has 1 N–H and O–H groups in total. The number of hydrogen-bond donors (Lipinski definition) is 1. The fraction of sp³-hybridized carbons (Fsp3) is 0.269. The zero-order valence-electron chi connectivity index (χ0n) is 19.2. The largest absolute Gasteiger partial charge is 0.352 e. The lowest BCUT2D eigenvalue weighted by atomic mass is 10.1. The highest BCUT2D eigenvalue weighted by Crippen LogP contribution is 2.28. The van der Waals surface area contributed by atoms with Crippen molar-refractivity contribution in [3.8, 4) is 0 Å². The number of amides is 1. The molecule has 0 aliphatic rings. The van der Waals surface area contributed by atoms with Crippen LogP contribution in [0.5, 0.6) is 0 Å². The Hall–Kier alpha value is -2.38. The van der Waals surface area contributed by atoms with Crippen LogP contribution < -0.4 is 5.32 Å². The Labute approximate surface area is 211 Å². The summed E-state index contributed by atoms with van der Waals surface area (Å²) in [6.07, 6.45) is 1.54. The average molecular weight is 519 g/mol. The van der Waals surface area contributed by atoms with E-state index in [-0.39, 0.29) is 29.9 Å². The number of hydrogen-bond acceptors (Lipinski definition) is 3. The predicted molar refractivity (Wildman–Crippen MR) is 138 cm³/mol. The highest BCUT2D eigenvalue weighted by Gasteiger charge is 2.28. The second-order valence-corrected chi connectivity index (χ2v) is 11.0. The van der Waals surface area contributed by atoms with Crippen molar-refractivity contribution in [3.05, 3.63) is 99.5 Å². The molecule has 0 aliphatic heterocycles. The molecule has 180 valence electrons. The number of carbonyl (C=O) groups excluding carboxylic acids is 1. The SMILES string of the molecule is Cc1ccc(S(=O)(=O)N(CC(=O)N[C@@H](C)CCc2ccccc2)Cc2c(Cl)cccc2Cl)cc1. The van der Waals surface area contributed by atoms with Crippen LogP contribution in [0.3, 0.4) is 0 Å². The topological polar surface area (TPSA) is 66.5 Å². The van der Waals surface area contributed by atoms with Crippen molar-refractivity contribution < 1.29 is 13.2 Å². The molecule has 5 nitrogen and oxygen atoms in total. The van der Waals surface area contributed by atoms with Gasteiger partial charge in [-0.25, -0.2) is 8.42 Å². The molecule has 0 saturated heterocycles. The number of carbonyl (C=O) groups is 1. The summed E-state index contributed by atoms with van der Waals surface area (Å²) >= 11 is 12.6. The quantitative estimate of drug-likeness (QED) is 0.378. The molecule has 0 saturated carbocycles. The van der Waals surface area contributed by atoms with Crippen LogP contribution in [-0.2, 0) is 27.8 Å². The maximum absolute atomic E-state index is 13.5. The summed E-state index contributed by atoms with van der Waals surface area (Å²) in [6.45, 7) is 3.31. The number of aryl methyl sites for hydroxylation is 2. The lowest BCUT2D eigenvalue weighted by Gasteiger charge is -2.24. The smallest absolute Gasteiger partial charge is 0.243 e. The summed E-state index contributed by atoms with van der Waals surface area (Å²) in [6, 6.07) is 21.4. The van der Waals surface area contributed by atoms with Crippen LogP contribution in [0.25, 0.3) is 0 Å². The summed E-state index contributed by atoms with van der Waals surface area (Å²) in [4.78, 5) is 13.0. The molecule has 0 bridgehead atoms. The van der Waals surface area contributed by atoms with Crippen molar-refractivity contribution in [2.75, 3.05) is 6.54 Å². The van der Waals surface area contributed by atoms with Gasteiger partial charge in [-0.2, -0.15) is 4.31 Å². The third-order valence-corrected chi connectivity index (χ3v) is 8.01. The second-order valence-electron chi connectivity index (χ2n) is 8.28. The molecule has 3 rings (SSSR count). The standard InChI is InChI=1S/C26H28Cl2N2O3S/c1-19-11-15-22(16-12-19)34(32,33)30(17-23-24(27)9-6-10-25(23)28)18-26(31)29-20(2)13-14-21-7-4-3-5-8-21/h3-12,15-16,20H,13-14,17-18H2,1-2H3,(H,29,31)/t20-/m0/s1. The van der Waals surface area contributed by atoms with Gasteiger partial charge in [-0.05, 0) is 56.5 Å². The van der Waals surface area contributed by atoms with Crippen LogP contribution in [0, 0.1) is 6.92 Å². The van der Waals surface area contributed by atoms with Gasteiger partial charge < -0.3 is 5.32 Å². The predicted octanol–water partition coefficient (Wildman–Crippen LogP) is 5.63. The molecule has 0 spiro atoms. The number of halogens is 2. The summed E-state index contributed by atoms with van der Waals surface area (Å²) in [5, 5.41) is 3.60. The van der Waals surface area contributed by atoms with Crippen LogP contribution in [0.15, 0.2) is 77.7 Å². The van der Waals surface area contributed by atoms with Crippen LogP contribution in [0.2, 0.25) is 10.0 Å². The molecular weight excluding hydrogens is 491 g/mol. The first-order chi connectivity index (χ1) is 16.2. The van der Waals surface area contributed by atoms with Gasteiger partial charge in [0, 0.05) is 28.2 Å². The summed E-state index contributed by atoms with van der Waals surface area (Å²) in [5.41, 5.74) is 2.57. The van der Waals surface area contributed by atoms with Crippen molar-refractivity contribution in [1.29, 1.82) is 0 Å². The molecule has 0 heterocycles. The first kappa shape index (κ1) is 26.2. The first-order valence-electron chi connectivity index (χ1n) is 11.0. The molecule has 0 aliphatic carbocycles. The van der Waals surface area contributed by atoms with Gasteiger partial charge in [0.05, 0.1) is 11.4 Å². The zero-order valence-corrected chi connectivity index (χ0v) is 21.5. The van der Waals surface area contributed by atoms with Crippen molar-refractivity contribution in [1.82, 2.24) is 9.62 Å². The summed E-state index contributed by atoms with van der Waals surface area (Å²) in [7, 11) is -3.98. The molecule has 1 atom stereocenters. The van der Waals surface area contributed by atoms with Gasteiger partial charge in [0.2, 0.25) is 15.9 Å². The summed E-state index contributed by atoms with van der Waals surface area (Å²) < 4.78 is 28.0. The van der Waals surface area contributed by atoms with E-state index in [1.54, 1.807) is 30.3 Å². The minimum atomic E-state index is -3.98. The fourth-order valence-corrected chi connectivity index (χ4v) is 5.41. The Balaban J connectivity index is 1.77. The monoisotopic (exact) mass is 518 g/mol. The van der Waals surface area contributed by atoms with Gasteiger partial charge in [-0.3, -0.25) is 4.79 Å². The molecule has 34 heavy (non-hydrogen) atoms. The van der Waals surface area contributed by atoms with E-state index >= 15 is 0 Å². The van der Waals surface area contributed by atoms with Crippen molar-refractivity contribution in [2.24, 2.45) is 0 Å². The molecule has 1 amide bonds. The second kappa shape index (κ2) is 11.8. The molecule has 0 fully saturated rings. The number of sulfonamides is 1. The van der Waals surface area contributed by atoms with Gasteiger partial charge in [0.1, 0.15) is 0 Å². The van der Waals surface area contributed by atoms with E-state index in [2.05, 4.69) is 5.32 Å². The number of nitrogens with one attached hydrogen (secondary N) is 1. The Morgan fingerprint density at radius 3 is 2.18 bits per heavy atom. The highest BCUT2D eigenvalue weighted by atomic mass is 35.5. The zero-order chi connectivity index (χ0) is 24.7. The van der Waals surface area contributed by atoms with E-state index in [1.807, 2.05) is 44.2 Å². The third kappa shape index (κ3) is 7.06. The Morgan fingerprint density at radius 2 is 1.56 bits per heavy atom. The van der Waals surface area contributed by atoms with E-state index in [0.717, 1.165) is 22.7 Å². The molecule has 3 aromatic carbocycles. The summed E-state index contributed by atoms with van der Waals surface area (Å²) in [5.74, 6) is -0.389. The average Bonchev–Trinajstić information content (AvgIpc) is 2.80. The molecule has 0 unspecified atom stereocenters. The third-order valence-electron chi connectivity index (χ3n) is 5.49. The molecule has 3 aromatic rings. The Kier molecular flexibility index (Phi) is 9.14. The van der Waals surface area contributed by atoms with Crippen molar-refractivity contribution in [3.63, 3.8) is 0 Å². The van der Waals surface area contributed by atoms with Crippen LogP contribution >= 0.6 is 23.2 Å². The van der Waals surface area contributed by atoms with Crippen molar-refractivity contribution >= 4 is 39.1 Å². The molecular formula is C26H28Cl2N2O3S. The maximum Gasteiger partial charge on any atom is 0.243 e. The van der Waals surface area contributed by atoms with E-state index in [4.69, 9.17) is 23.2 Å². The first-order valence-corrected chi connectivity index (χ1v) is 13.2. The van der Waals surface area contributed by atoms with E-state index in [0.29, 0.717) is 15.6 Å². The highest BCUT2D eigenvalue weighted by molar-refractivity contribution is 7.89. The van der Waals surface area contributed by atoms with E-state index < -0.39 is 10.0 Å². The van der Waals surface area contributed by atoms with Gasteiger partial charge in [-0.1, -0.05) is 77.3 Å². The minimum Gasteiger partial charge on any atom is -0.352 e. The van der Waals surface area contributed by atoms with Crippen molar-refractivity contribution in [2.45, 2.75) is 44.2 Å². The van der Waals surface area contributed by atoms with Crippen LogP contribution in [0.4, 0.5) is 0 Å². The number of rotatable bonds is 10. The Bertz CT molecular complexity index is 1200. The lowest BCUT2D eigenvalue weighted by molar-refractivity contribution is -0.122. The maximum atomic E-state index is 13.5. The van der Waals surface area contributed by atoms with Gasteiger partial charge in [0.25, 0.3) is 0 Å². The molecule has 0 radical (unpaired) electrons. The number of nitrogens with zero attached hydrogens (tertiary/aromatic N) is 1. The Morgan fingerprint density at radius 1 is 0.941 bits per heavy atom. The molecule has 8 heteroatoms. The minimum absolute atomic E-state index is 0.103. The fourth-order valence-electron chi connectivity index (χ4n) is 3.53. The van der Waals surface area contributed by atoms with Crippen LogP contribution in [0.1, 0.15) is 30.0 Å². The van der Waals surface area contributed by atoms with Gasteiger partial charge >= 0.3 is 0 Å². The lowest BCUT2D eigenvalue weighted by Crippen LogP contribution is -2.43. The molecule has 0 aromatic heterocycles. The van der Waals surface area contributed by atoms with E-state index in [9.17, 15) is 13.2 Å². The van der Waals surface area contributed by atoms with E-state index in [1.165, 1.54) is 17.7 Å². The normalized spacial score (nSPS) is 12.5. The number of benzene rings is 3. The van der Waals surface area contributed by atoms with Crippen LogP contribution in [-0.4, -0.2) is 31.2 Å². The van der Waals surface area contributed by atoms with Gasteiger partial charge in [-0.15, -0.1) is 0 Å². The van der Waals surface area contributed by atoms with Gasteiger partial charge in [0.15, 0.2) is 0 Å².